The molecule has 1 fully saturated rings. The number of anilines is 1. The molecule has 0 aromatic carbocycles. The Hall–Kier alpha value is -0.700. The Bertz CT molecular complexity index is 570. The van der Waals surface area contributed by atoms with Crippen LogP contribution in [0.4, 0.5) is 5.13 Å². The maximum absolute atomic E-state index is 12.5. The molecule has 21 heavy (non-hydrogen) atoms. The summed E-state index contributed by atoms with van der Waals surface area (Å²) in [4.78, 5) is 5.56. The van der Waals surface area contributed by atoms with E-state index in [1.807, 2.05) is 0 Å². The Morgan fingerprint density at radius 2 is 2.10 bits per heavy atom. The fourth-order valence-electron chi connectivity index (χ4n) is 2.99. The van der Waals surface area contributed by atoms with Crippen LogP contribution in [0.15, 0.2) is 0 Å². The van der Waals surface area contributed by atoms with E-state index in [1.165, 1.54) is 22.1 Å². The quantitative estimate of drug-likeness (QED) is 0.881. The number of fused-ring (bicyclic) bond motifs is 1. The fraction of sp³-hybridized carbons (Fsp3) is 0.769. The molecule has 2 aliphatic rings. The minimum Gasteiger partial charge on any atom is -0.311 e. The predicted octanol–water partition coefficient (Wildman–Crippen LogP) is 1.71. The number of aromatic nitrogens is 1. The normalized spacial score (nSPS) is 20.5. The van der Waals surface area contributed by atoms with E-state index in [9.17, 15) is 8.42 Å². The van der Waals surface area contributed by atoms with Gasteiger partial charge in [0.15, 0.2) is 5.13 Å². The summed E-state index contributed by atoms with van der Waals surface area (Å²) in [7, 11) is -1.83. The molecule has 1 saturated carbocycles. The van der Waals surface area contributed by atoms with E-state index in [-0.39, 0.29) is 6.04 Å². The summed E-state index contributed by atoms with van der Waals surface area (Å²) in [6.45, 7) is 1.69. The van der Waals surface area contributed by atoms with Gasteiger partial charge < -0.3 is 5.32 Å². The Balaban J connectivity index is 1.71. The lowest BCUT2D eigenvalue weighted by molar-refractivity contribution is 0.287. The van der Waals surface area contributed by atoms with E-state index in [1.54, 1.807) is 7.05 Å². The van der Waals surface area contributed by atoms with Gasteiger partial charge in [-0.05, 0) is 12.8 Å². The van der Waals surface area contributed by atoms with Crippen LogP contribution >= 0.6 is 11.3 Å². The molecule has 2 heterocycles. The third-order valence-electron chi connectivity index (χ3n) is 4.29. The first-order valence-electron chi connectivity index (χ1n) is 7.51. The first kappa shape index (κ1) is 15.2. The highest BCUT2D eigenvalue weighted by Gasteiger charge is 2.28. The summed E-state index contributed by atoms with van der Waals surface area (Å²) < 4.78 is 29.1. The highest BCUT2D eigenvalue weighted by molar-refractivity contribution is 7.90. The van der Waals surface area contributed by atoms with Gasteiger partial charge in [0.25, 0.3) is 0 Å². The van der Waals surface area contributed by atoms with Crippen molar-refractivity contribution in [3.8, 4) is 0 Å². The standard InChI is InChI=1S/C13H22N4O2S2/c1-17(10-5-3-2-4-6-10)21(18,19)16-13-15-11-7-8-14-9-12(11)20-13/h10,14H,2-9H2,1H3,(H,15,16). The molecule has 2 N–H and O–H groups in total. The van der Waals surface area contributed by atoms with Crippen molar-refractivity contribution in [2.24, 2.45) is 0 Å². The van der Waals surface area contributed by atoms with Gasteiger partial charge in [0.1, 0.15) is 0 Å². The van der Waals surface area contributed by atoms with Crippen LogP contribution < -0.4 is 10.0 Å². The van der Waals surface area contributed by atoms with Crippen molar-refractivity contribution < 1.29 is 8.42 Å². The van der Waals surface area contributed by atoms with Gasteiger partial charge in [0.05, 0.1) is 5.69 Å². The third kappa shape index (κ3) is 3.39. The number of hydrogen-bond acceptors (Lipinski definition) is 5. The van der Waals surface area contributed by atoms with Crippen LogP contribution in [0.5, 0.6) is 0 Å². The second kappa shape index (κ2) is 6.20. The van der Waals surface area contributed by atoms with Gasteiger partial charge in [-0.3, -0.25) is 0 Å². The fourth-order valence-corrected chi connectivity index (χ4v) is 5.32. The lowest BCUT2D eigenvalue weighted by atomic mass is 9.96. The Morgan fingerprint density at radius 1 is 1.33 bits per heavy atom. The largest absolute Gasteiger partial charge is 0.311 e. The molecule has 1 aliphatic heterocycles. The first-order chi connectivity index (χ1) is 10.1. The molecule has 118 valence electrons. The summed E-state index contributed by atoms with van der Waals surface area (Å²) in [5.41, 5.74) is 1.02. The van der Waals surface area contributed by atoms with Crippen LogP contribution in [0.3, 0.4) is 0 Å². The van der Waals surface area contributed by atoms with Gasteiger partial charge in [-0.1, -0.05) is 30.6 Å². The Morgan fingerprint density at radius 3 is 2.81 bits per heavy atom. The van der Waals surface area contributed by atoms with Crippen LogP contribution in [-0.4, -0.2) is 37.3 Å². The number of thiazole rings is 1. The maximum atomic E-state index is 12.5. The third-order valence-corrected chi connectivity index (χ3v) is 6.94. The molecule has 0 saturated heterocycles. The minimum atomic E-state index is -3.50. The van der Waals surface area contributed by atoms with Crippen molar-refractivity contribution in [1.82, 2.24) is 14.6 Å². The first-order valence-corrected chi connectivity index (χ1v) is 9.77. The van der Waals surface area contributed by atoms with Gasteiger partial charge >= 0.3 is 10.2 Å². The molecule has 0 spiro atoms. The van der Waals surface area contributed by atoms with Crippen LogP contribution in [0, 0.1) is 0 Å². The van der Waals surface area contributed by atoms with Crippen molar-refractivity contribution in [3.05, 3.63) is 10.6 Å². The molecule has 0 amide bonds. The zero-order chi connectivity index (χ0) is 14.9. The van der Waals surface area contributed by atoms with Crippen molar-refractivity contribution in [3.63, 3.8) is 0 Å². The van der Waals surface area contributed by atoms with Crippen molar-refractivity contribution >= 4 is 26.7 Å². The zero-order valence-electron chi connectivity index (χ0n) is 12.3. The molecule has 1 aliphatic carbocycles. The van der Waals surface area contributed by atoms with E-state index < -0.39 is 10.2 Å². The summed E-state index contributed by atoms with van der Waals surface area (Å²) in [5.74, 6) is 0. The SMILES string of the molecule is CN(C1CCCCC1)S(=O)(=O)Nc1nc2c(s1)CNCC2. The Kier molecular flexibility index (Phi) is 4.49. The molecule has 1 aromatic heterocycles. The average molecular weight is 330 g/mol. The van der Waals surface area contributed by atoms with Gasteiger partial charge in [-0.25, -0.2) is 9.71 Å². The summed E-state index contributed by atoms with van der Waals surface area (Å²) in [6.07, 6.45) is 6.21. The van der Waals surface area contributed by atoms with Gasteiger partial charge in [0, 0.05) is 37.5 Å². The number of hydrogen-bond donors (Lipinski definition) is 2. The van der Waals surface area contributed by atoms with Crippen LogP contribution in [0.2, 0.25) is 0 Å². The van der Waals surface area contributed by atoms with Crippen molar-refractivity contribution in [1.29, 1.82) is 0 Å². The average Bonchev–Trinajstić information content (AvgIpc) is 2.88. The zero-order valence-corrected chi connectivity index (χ0v) is 13.9. The van der Waals surface area contributed by atoms with Crippen LogP contribution in [0.1, 0.15) is 42.7 Å². The summed E-state index contributed by atoms with van der Waals surface area (Å²) >= 11 is 1.44. The van der Waals surface area contributed by atoms with Crippen LogP contribution in [-0.2, 0) is 23.2 Å². The van der Waals surface area contributed by atoms with E-state index >= 15 is 0 Å². The topological polar surface area (TPSA) is 74.3 Å². The van der Waals surface area contributed by atoms with E-state index in [4.69, 9.17) is 0 Å². The van der Waals surface area contributed by atoms with E-state index in [0.29, 0.717) is 5.13 Å². The van der Waals surface area contributed by atoms with Crippen molar-refractivity contribution in [2.45, 2.75) is 51.1 Å². The molecule has 0 atom stereocenters. The molecule has 3 rings (SSSR count). The predicted molar refractivity (Wildman–Crippen MR) is 84.7 cm³/mol. The van der Waals surface area contributed by atoms with Crippen LogP contribution in [0.25, 0.3) is 0 Å². The molecule has 0 unspecified atom stereocenters. The monoisotopic (exact) mass is 330 g/mol. The van der Waals surface area contributed by atoms with E-state index in [2.05, 4.69) is 15.0 Å². The molecule has 0 bridgehead atoms. The summed E-state index contributed by atoms with van der Waals surface area (Å²) in [6, 6.07) is 0.118. The number of nitrogens with zero attached hydrogens (tertiary/aromatic N) is 2. The summed E-state index contributed by atoms with van der Waals surface area (Å²) in [5, 5.41) is 3.77. The highest BCUT2D eigenvalue weighted by Crippen LogP contribution is 2.28. The van der Waals surface area contributed by atoms with Gasteiger partial charge in [-0.2, -0.15) is 12.7 Å². The molecular weight excluding hydrogens is 308 g/mol. The molecule has 6 nitrogen and oxygen atoms in total. The van der Waals surface area contributed by atoms with Gasteiger partial charge in [0.2, 0.25) is 0 Å². The highest BCUT2D eigenvalue weighted by atomic mass is 32.2. The van der Waals surface area contributed by atoms with Crippen molar-refractivity contribution in [2.75, 3.05) is 18.3 Å². The van der Waals surface area contributed by atoms with E-state index in [0.717, 1.165) is 55.8 Å². The molecular formula is C13H22N4O2S2. The van der Waals surface area contributed by atoms with Gasteiger partial charge in [-0.15, -0.1) is 0 Å². The molecule has 1 aromatic rings. The number of rotatable bonds is 4. The molecule has 0 radical (unpaired) electrons. The maximum Gasteiger partial charge on any atom is 0.303 e. The second-order valence-electron chi connectivity index (χ2n) is 5.73. The molecule has 8 heteroatoms. The lowest BCUT2D eigenvalue weighted by Crippen LogP contribution is -2.41. The number of nitrogens with one attached hydrogen (secondary N) is 2. The smallest absolute Gasteiger partial charge is 0.303 e. The Labute approximate surface area is 130 Å². The minimum absolute atomic E-state index is 0.118. The second-order valence-corrected chi connectivity index (χ2v) is 8.54. The lowest BCUT2D eigenvalue weighted by Gasteiger charge is -2.30.